The van der Waals surface area contributed by atoms with Gasteiger partial charge in [0, 0.05) is 5.02 Å². The molecule has 0 saturated heterocycles. The van der Waals surface area contributed by atoms with Crippen LogP contribution in [0.1, 0.15) is 33.0 Å². The summed E-state index contributed by atoms with van der Waals surface area (Å²) in [4.78, 5) is 26.2. The first kappa shape index (κ1) is 22.3. The van der Waals surface area contributed by atoms with Crippen LogP contribution in [0.4, 0.5) is 0 Å². The molecule has 162 valence electrons. The maximum Gasteiger partial charge on any atom is 0.323 e. The maximum absolute atomic E-state index is 13.3. The Morgan fingerprint density at radius 3 is 1.85 bits per heavy atom. The van der Waals surface area contributed by atoms with Crippen LogP contribution >= 0.6 is 11.6 Å². The Labute approximate surface area is 197 Å². The van der Waals surface area contributed by atoms with E-state index in [9.17, 15) is 9.59 Å². The highest BCUT2D eigenvalue weighted by molar-refractivity contribution is 6.30. The van der Waals surface area contributed by atoms with Gasteiger partial charge < -0.3 is 4.74 Å². The molecule has 4 aromatic carbocycles. The van der Waals surface area contributed by atoms with Crippen molar-refractivity contribution in [2.45, 2.75) is 5.92 Å². The molecule has 0 N–H and O–H groups in total. The molecular formula is C29H21ClO3. The number of para-hydroxylation sites is 1. The lowest BCUT2D eigenvalue weighted by atomic mass is 9.91. The standard InChI is InChI=1S/C29H21ClO3/c30-24-18-15-21(16-19-24)17-20-26(31)25-13-7-8-14-27(25)33-29(32)28(22-9-3-1-4-10-22)23-11-5-2-6-12-23/h1-20,28H/b20-17+. The van der Waals surface area contributed by atoms with E-state index in [0.29, 0.717) is 10.6 Å². The average Bonchev–Trinajstić information content (AvgIpc) is 2.85. The summed E-state index contributed by atoms with van der Waals surface area (Å²) >= 11 is 5.91. The summed E-state index contributed by atoms with van der Waals surface area (Å²) in [5.74, 6) is -1.09. The number of esters is 1. The van der Waals surface area contributed by atoms with Crippen LogP contribution in [0.15, 0.2) is 115 Å². The molecule has 0 amide bonds. The Kier molecular flexibility index (Phi) is 7.13. The zero-order valence-corrected chi connectivity index (χ0v) is 18.5. The van der Waals surface area contributed by atoms with Gasteiger partial charge in [0.25, 0.3) is 0 Å². The smallest absolute Gasteiger partial charge is 0.323 e. The van der Waals surface area contributed by atoms with E-state index in [2.05, 4.69) is 0 Å². The molecule has 0 saturated carbocycles. The van der Waals surface area contributed by atoms with E-state index >= 15 is 0 Å². The Bertz CT molecular complexity index is 1220. The molecule has 0 atom stereocenters. The highest BCUT2D eigenvalue weighted by Crippen LogP contribution is 2.28. The number of carbonyl (C=O) groups excluding carboxylic acids is 2. The van der Waals surface area contributed by atoms with Crippen LogP contribution in [-0.2, 0) is 4.79 Å². The molecule has 33 heavy (non-hydrogen) atoms. The predicted molar refractivity (Wildman–Crippen MR) is 132 cm³/mol. The number of benzene rings is 4. The van der Waals surface area contributed by atoms with Crippen molar-refractivity contribution in [3.63, 3.8) is 0 Å². The lowest BCUT2D eigenvalue weighted by Gasteiger charge is -2.17. The predicted octanol–water partition coefficient (Wildman–Crippen LogP) is 6.97. The molecule has 4 rings (SSSR count). The fraction of sp³-hybridized carbons (Fsp3) is 0.0345. The molecule has 0 spiro atoms. The van der Waals surface area contributed by atoms with Crippen LogP contribution in [-0.4, -0.2) is 11.8 Å². The van der Waals surface area contributed by atoms with Crippen LogP contribution in [0, 0.1) is 0 Å². The minimum absolute atomic E-state index is 0.227. The van der Waals surface area contributed by atoms with Crippen LogP contribution in [0.25, 0.3) is 6.08 Å². The molecule has 0 bridgehead atoms. The molecule has 4 heteroatoms. The topological polar surface area (TPSA) is 43.4 Å². The average molecular weight is 453 g/mol. The molecule has 0 aromatic heterocycles. The van der Waals surface area contributed by atoms with Gasteiger partial charge in [-0.05, 0) is 47.0 Å². The molecule has 0 aliphatic heterocycles. The van der Waals surface area contributed by atoms with E-state index in [4.69, 9.17) is 16.3 Å². The second-order valence-electron chi connectivity index (χ2n) is 7.42. The first-order valence-corrected chi connectivity index (χ1v) is 10.9. The largest absolute Gasteiger partial charge is 0.425 e. The summed E-state index contributed by atoms with van der Waals surface area (Å²) in [5, 5.41) is 0.627. The molecule has 0 radical (unpaired) electrons. The summed E-state index contributed by atoms with van der Waals surface area (Å²) in [6, 6.07) is 32.8. The van der Waals surface area contributed by atoms with Gasteiger partial charge in [0.15, 0.2) is 5.78 Å². The third-order valence-electron chi connectivity index (χ3n) is 5.16. The monoisotopic (exact) mass is 452 g/mol. The van der Waals surface area contributed by atoms with Gasteiger partial charge in [-0.25, -0.2) is 0 Å². The molecule has 0 unspecified atom stereocenters. The van der Waals surface area contributed by atoms with Gasteiger partial charge in [-0.3, -0.25) is 9.59 Å². The van der Waals surface area contributed by atoms with Crippen molar-refractivity contribution >= 4 is 29.4 Å². The third kappa shape index (κ3) is 5.65. The second-order valence-corrected chi connectivity index (χ2v) is 7.86. The van der Waals surface area contributed by atoms with Crippen molar-refractivity contribution in [1.82, 2.24) is 0 Å². The van der Waals surface area contributed by atoms with E-state index in [-0.39, 0.29) is 11.5 Å². The van der Waals surface area contributed by atoms with Gasteiger partial charge in [0.05, 0.1) is 5.56 Å². The minimum Gasteiger partial charge on any atom is -0.425 e. The van der Waals surface area contributed by atoms with Crippen molar-refractivity contribution in [3.05, 3.63) is 143 Å². The van der Waals surface area contributed by atoms with Crippen LogP contribution < -0.4 is 4.74 Å². The molecule has 0 heterocycles. The number of halogens is 1. The number of ketones is 1. The highest BCUT2D eigenvalue weighted by atomic mass is 35.5. The molecular weight excluding hydrogens is 432 g/mol. The zero-order chi connectivity index (χ0) is 23.0. The lowest BCUT2D eigenvalue weighted by molar-refractivity contribution is -0.135. The SMILES string of the molecule is O=C(/C=C/c1ccc(Cl)cc1)c1ccccc1OC(=O)C(c1ccccc1)c1ccccc1. The number of ether oxygens (including phenoxy) is 1. The van der Waals surface area contributed by atoms with E-state index in [1.54, 1.807) is 42.5 Å². The minimum atomic E-state index is -0.611. The van der Waals surface area contributed by atoms with Gasteiger partial charge in [-0.1, -0.05) is 103 Å². The van der Waals surface area contributed by atoms with Crippen LogP contribution in [0.5, 0.6) is 5.75 Å². The molecule has 0 aliphatic rings. The fourth-order valence-corrected chi connectivity index (χ4v) is 3.64. The van der Waals surface area contributed by atoms with Gasteiger partial charge in [-0.2, -0.15) is 0 Å². The first-order valence-electron chi connectivity index (χ1n) is 10.5. The summed E-state index contributed by atoms with van der Waals surface area (Å²) in [7, 11) is 0. The van der Waals surface area contributed by atoms with Crippen molar-refractivity contribution < 1.29 is 14.3 Å². The number of hydrogen-bond acceptors (Lipinski definition) is 3. The van der Waals surface area contributed by atoms with Crippen molar-refractivity contribution in [2.24, 2.45) is 0 Å². The quantitative estimate of drug-likeness (QED) is 0.131. The van der Waals surface area contributed by atoms with E-state index in [0.717, 1.165) is 16.7 Å². The Morgan fingerprint density at radius 1 is 0.697 bits per heavy atom. The summed E-state index contributed by atoms with van der Waals surface area (Å²) in [5.41, 5.74) is 2.80. The number of rotatable bonds is 7. The van der Waals surface area contributed by atoms with Crippen molar-refractivity contribution in [3.8, 4) is 5.75 Å². The fourth-order valence-electron chi connectivity index (χ4n) is 3.52. The summed E-state index contributed by atoms with van der Waals surface area (Å²) < 4.78 is 5.79. The summed E-state index contributed by atoms with van der Waals surface area (Å²) in [6.45, 7) is 0. The van der Waals surface area contributed by atoms with Crippen LogP contribution in [0.3, 0.4) is 0 Å². The van der Waals surface area contributed by atoms with Crippen molar-refractivity contribution in [1.29, 1.82) is 0 Å². The molecule has 0 fully saturated rings. The van der Waals surface area contributed by atoms with Crippen LogP contribution in [0.2, 0.25) is 5.02 Å². The number of hydrogen-bond donors (Lipinski definition) is 0. The van der Waals surface area contributed by atoms with Gasteiger partial charge >= 0.3 is 5.97 Å². The molecule has 0 aliphatic carbocycles. The number of carbonyl (C=O) groups is 2. The maximum atomic E-state index is 13.3. The molecule has 4 aromatic rings. The Hall–Kier alpha value is -3.95. The lowest BCUT2D eigenvalue weighted by Crippen LogP contribution is -2.21. The number of allylic oxidation sites excluding steroid dienone is 1. The third-order valence-corrected chi connectivity index (χ3v) is 5.41. The Balaban J connectivity index is 1.60. The Morgan fingerprint density at radius 2 is 1.24 bits per heavy atom. The molecule has 3 nitrogen and oxygen atoms in total. The summed E-state index contributed by atoms with van der Waals surface area (Å²) in [6.07, 6.45) is 3.16. The van der Waals surface area contributed by atoms with E-state index in [1.165, 1.54) is 6.08 Å². The zero-order valence-electron chi connectivity index (χ0n) is 17.7. The van der Waals surface area contributed by atoms with Crippen molar-refractivity contribution in [2.75, 3.05) is 0 Å². The van der Waals surface area contributed by atoms with E-state index < -0.39 is 11.9 Å². The van der Waals surface area contributed by atoms with Gasteiger partial charge in [0.1, 0.15) is 11.7 Å². The first-order chi connectivity index (χ1) is 16.1. The second kappa shape index (κ2) is 10.6. The normalized spacial score (nSPS) is 11.0. The highest BCUT2D eigenvalue weighted by Gasteiger charge is 2.26. The van der Waals surface area contributed by atoms with Gasteiger partial charge in [0.2, 0.25) is 0 Å². The van der Waals surface area contributed by atoms with Gasteiger partial charge in [-0.15, -0.1) is 0 Å². The van der Waals surface area contributed by atoms with E-state index in [1.807, 2.05) is 72.8 Å².